The molecular formula is C66H108N2. The maximum Gasteiger partial charge on any atom is 0.0665 e. The first-order valence-corrected chi connectivity index (χ1v) is 30.0. The van der Waals surface area contributed by atoms with Crippen molar-refractivity contribution in [2.24, 2.45) is 9.98 Å². The standard InChI is InChI=1S/C66H108N2/c1-5-9-13-16-19-21-23-25-27-29-31-33-35-37-39-41-43-46-53-61-55-49-51-58-63(61)67-65(57-12-8-4)66(60-48-45-18-15-11-7-3)68-64-59-52-50-56-62(64)54-47-44-42-40-38-36-34-32-30-28-26-24-22-20-17-14-10-6-2/h49-52,55-56,58-59H,5-38,43-48,53-54,57,60H2,1-4H3. The van der Waals surface area contributed by atoms with Gasteiger partial charge in [-0.2, -0.15) is 0 Å². The van der Waals surface area contributed by atoms with E-state index < -0.39 is 0 Å². The molecule has 0 heterocycles. The molecule has 2 rings (SSSR count). The van der Waals surface area contributed by atoms with E-state index in [0.717, 1.165) is 88.4 Å². The number of para-hydroxylation sites is 2. The molecule has 0 atom stereocenters. The van der Waals surface area contributed by atoms with Crippen molar-refractivity contribution in [2.75, 3.05) is 0 Å². The molecule has 0 spiro atoms. The van der Waals surface area contributed by atoms with Crippen molar-refractivity contribution >= 4 is 22.8 Å². The minimum Gasteiger partial charge on any atom is -0.251 e. The molecule has 2 aromatic carbocycles. The average Bonchev–Trinajstić information content (AvgIpc) is 3.36. The molecule has 0 fully saturated rings. The molecular weight excluding hydrogens is 821 g/mol. The van der Waals surface area contributed by atoms with Crippen LogP contribution in [-0.4, -0.2) is 11.4 Å². The van der Waals surface area contributed by atoms with Gasteiger partial charge in [-0.05, 0) is 87.5 Å². The zero-order valence-corrected chi connectivity index (χ0v) is 45.6. The van der Waals surface area contributed by atoms with Crippen LogP contribution in [0.3, 0.4) is 0 Å². The minimum atomic E-state index is 0.964. The van der Waals surface area contributed by atoms with Gasteiger partial charge in [-0.25, -0.2) is 0 Å². The zero-order chi connectivity index (χ0) is 48.5. The lowest BCUT2D eigenvalue weighted by Crippen LogP contribution is -2.15. The topological polar surface area (TPSA) is 24.7 Å². The molecule has 0 aliphatic heterocycles. The number of hydrogen-bond acceptors (Lipinski definition) is 2. The third-order valence-electron chi connectivity index (χ3n) is 13.9. The van der Waals surface area contributed by atoms with E-state index in [1.54, 1.807) is 0 Å². The lowest BCUT2D eigenvalue weighted by Gasteiger charge is -2.14. The van der Waals surface area contributed by atoms with Gasteiger partial charge in [0, 0.05) is 25.7 Å². The highest BCUT2D eigenvalue weighted by atomic mass is 14.8. The molecule has 0 aromatic heterocycles. The Hall–Kier alpha value is -3.10. The number of aliphatic imine (C=N–C) groups is 2. The van der Waals surface area contributed by atoms with Crippen LogP contribution in [0.25, 0.3) is 0 Å². The van der Waals surface area contributed by atoms with Gasteiger partial charge in [0.1, 0.15) is 0 Å². The smallest absolute Gasteiger partial charge is 0.0665 e. The lowest BCUT2D eigenvalue weighted by atomic mass is 10.00. The fourth-order valence-electron chi connectivity index (χ4n) is 9.45. The first-order chi connectivity index (χ1) is 33.7. The van der Waals surface area contributed by atoms with Crippen LogP contribution in [0, 0.1) is 23.7 Å². The van der Waals surface area contributed by atoms with Gasteiger partial charge in [-0.15, -0.1) is 23.7 Å². The second kappa shape index (κ2) is 47.6. The van der Waals surface area contributed by atoms with Gasteiger partial charge >= 0.3 is 0 Å². The predicted octanol–water partition coefficient (Wildman–Crippen LogP) is 22.1. The minimum absolute atomic E-state index is 0.964. The molecule has 0 saturated carbocycles. The largest absolute Gasteiger partial charge is 0.251 e. The third kappa shape index (κ3) is 35.1. The lowest BCUT2D eigenvalue weighted by molar-refractivity contribution is 0.540. The van der Waals surface area contributed by atoms with E-state index in [0.29, 0.717) is 0 Å². The van der Waals surface area contributed by atoms with Gasteiger partial charge in [0.25, 0.3) is 0 Å². The molecule has 0 aliphatic carbocycles. The van der Waals surface area contributed by atoms with Crippen LogP contribution in [0.15, 0.2) is 58.5 Å². The number of unbranched alkanes of at least 4 members (excludes halogenated alkanes) is 34. The van der Waals surface area contributed by atoms with E-state index in [2.05, 4.69) is 99.9 Å². The van der Waals surface area contributed by atoms with Gasteiger partial charge in [-0.1, -0.05) is 257 Å². The fourth-order valence-corrected chi connectivity index (χ4v) is 9.45. The van der Waals surface area contributed by atoms with E-state index in [1.165, 1.54) is 228 Å². The van der Waals surface area contributed by atoms with Crippen LogP contribution < -0.4 is 0 Å². The van der Waals surface area contributed by atoms with Crippen molar-refractivity contribution < 1.29 is 0 Å². The molecule has 68 heavy (non-hydrogen) atoms. The van der Waals surface area contributed by atoms with Crippen LogP contribution in [0.4, 0.5) is 11.4 Å². The Kier molecular flexibility index (Phi) is 42.7. The van der Waals surface area contributed by atoms with Gasteiger partial charge in [-0.3, -0.25) is 9.98 Å². The quantitative estimate of drug-likeness (QED) is 0.0359. The van der Waals surface area contributed by atoms with Gasteiger partial charge in [0.15, 0.2) is 0 Å². The van der Waals surface area contributed by atoms with Crippen molar-refractivity contribution in [1.29, 1.82) is 0 Å². The second-order valence-corrected chi connectivity index (χ2v) is 20.4. The monoisotopic (exact) mass is 929 g/mol. The van der Waals surface area contributed by atoms with Crippen molar-refractivity contribution in [2.45, 2.75) is 310 Å². The Morgan fingerprint density at radius 1 is 0.294 bits per heavy atom. The van der Waals surface area contributed by atoms with Crippen LogP contribution in [-0.2, 0) is 12.8 Å². The number of hydrogen-bond donors (Lipinski definition) is 0. The first kappa shape index (κ1) is 61.0. The number of rotatable bonds is 45. The van der Waals surface area contributed by atoms with Crippen LogP contribution in [0.5, 0.6) is 0 Å². The second-order valence-electron chi connectivity index (χ2n) is 20.4. The Balaban J connectivity index is 1.93. The summed E-state index contributed by atoms with van der Waals surface area (Å²) >= 11 is 0. The van der Waals surface area contributed by atoms with Crippen molar-refractivity contribution in [3.05, 3.63) is 59.7 Å². The van der Waals surface area contributed by atoms with Crippen LogP contribution in [0.2, 0.25) is 0 Å². The predicted molar refractivity (Wildman–Crippen MR) is 307 cm³/mol. The average molecular weight is 930 g/mol. The molecule has 2 nitrogen and oxygen atoms in total. The molecule has 2 heteroatoms. The van der Waals surface area contributed by atoms with Crippen molar-refractivity contribution in [3.63, 3.8) is 0 Å². The summed E-state index contributed by atoms with van der Waals surface area (Å²) in [6.07, 6.45) is 56.6. The summed E-state index contributed by atoms with van der Waals surface area (Å²) < 4.78 is 0. The maximum atomic E-state index is 5.55. The van der Waals surface area contributed by atoms with E-state index in [1.807, 2.05) is 0 Å². The van der Waals surface area contributed by atoms with E-state index in [-0.39, 0.29) is 0 Å². The van der Waals surface area contributed by atoms with E-state index in [9.17, 15) is 0 Å². The van der Waals surface area contributed by atoms with E-state index >= 15 is 0 Å². The summed E-state index contributed by atoms with van der Waals surface area (Å²) in [6, 6.07) is 17.8. The summed E-state index contributed by atoms with van der Waals surface area (Å²) in [5, 5.41) is 0. The number of benzene rings is 2. The molecule has 2 aromatic rings. The summed E-state index contributed by atoms with van der Waals surface area (Å²) in [6.45, 7) is 9.21. The molecule has 0 radical (unpaired) electrons. The number of nitrogens with zero attached hydrogens (tertiary/aromatic N) is 2. The first-order valence-electron chi connectivity index (χ1n) is 30.0. The summed E-state index contributed by atoms with van der Waals surface area (Å²) in [4.78, 5) is 11.1. The molecule has 0 saturated heterocycles. The summed E-state index contributed by atoms with van der Waals surface area (Å²) in [5.74, 6) is 14.0. The third-order valence-corrected chi connectivity index (χ3v) is 13.9. The number of aryl methyl sites for hydroxylation is 2. The fraction of sp³-hybridized carbons (Fsp3) is 0.727. The van der Waals surface area contributed by atoms with Crippen LogP contribution >= 0.6 is 0 Å². The molecule has 382 valence electrons. The van der Waals surface area contributed by atoms with Gasteiger partial charge < -0.3 is 0 Å². The highest BCUT2D eigenvalue weighted by Gasteiger charge is 2.13. The Labute approximate surface area is 424 Å². The van der Waals surface area contributed by atoms with Gasteiger partial charge in [0.05, 0.1) is 22.8 Å². The zero-order valence-electron chi connectivity index (χ0n) is 45.6. The highest BCUT2D eigenvalue weighted by molar-refractivity contribution is 6.43. The van der Waals surface area contributed by atoms with Crippen molar-refractivity contribution in [1.82, 2.24) is 0 Å². The maximum absolute atomic E-state index is 5.55. The molecule has 0 unspecified atom stereocenters. The summed E-state index contributed by atoms with van der Waals surface area (Å²) in [5.41, 5.74) is 7.33. The normalized spacial score (nSPS) is 11.7. The highest BCUT2D eigenvalue weighted by Crippen LogP contribution is 2.26. The summed E-state index contributed by atoms with van der Waals surface area (Å²) in [7, 11) is 0. The van der Waals surface area contributed by atoms with Gasteiger partial charge in [0.2, 0.25) is 0 Å². The van der Waals surface area contributed by atoms with E-state index in [4.69, 9.17) is 9.98 Å². The molecule has 0 bridgehead atoms. The Morgan fingerprint density at radius 3 is 0.897 bits per heavy atom. The molecule has 0 N–H and O–H groups in total. The Morgan fingerprint density at radius 2 is 0.559 bits per heavy atom. The van der Waals surface area contributed by atoms with Crippen LogP contribution in [0.1, 0.15) is 308 Å². The molecule has 0 aliphatic rings. The SMILES string of the molecule is CCCCCCCCCCCCCCCC#CCCCc1ccccc1N=C(CCCC)C(CCCCCCCC)=Nc1ccccc1CCCC#CCCCCCCCCCCCCCCC. The Bertz CT molecular complexity index is 1620. The van der Waals surface area contributed by atoms with Crippen molar-refractivity contribution in [3.8, 4) is 23.7 Å². The molecule has 0 amide bonds.